The number of rotatable bonds is 1. The fourth-order valence-corrected chi connectivity index (χ4v) is 2.19. The van der Waals surface area contributed by atoms with Gasteiger partial charge in [0.1, 0.15) is 0 Å². The highest BCUT2D eigenvalue weighted by molar-refractivity contribution is 9.10. The molecular weight excluding hydrogens is 247 g/mol. The van der Waals surface area contributed by atoms with Crippen molar-refractivity contribution in [1.29, 1.82) is 0 Å². The van der Waals surface area contributed by atoms with Crippen LogP contribution >= 0.6 is 40.2 Å². The molecule has 0 saturated heterocycles. The van der Waals surface area contributed by atoms with Crippen molar-refractivity contribution in [1.82, 2.24) is 0 Å². The molecular formula is C7H6BrClOS. The van der Waals surface area contributed by atoms with Gasteiger partial charge >= 0.3 is 0 Å². The van der Waals surface area contributed by atoms with Gasteiger partial charge in [0.15, 0.2) is 0 Å². The highest BCUT2D eigenvalue weighted by Gasteiger charge is 2.04. The summed E-state index contributed by atoms with van der Waals surface area (Å²) in [5.74, 6) is 0. The van der Waals surface area contributed by atoms with Gasteiger partial charge in [-0.15, -0.1) is 12.6 Å². The summed E-state index contributed by atoms with van der Waals surface area (Å²) in [7, 11) is 0. The molecule has 0 heterocycles. The molecule has 0 aliphatic rings. The quantitative estimate of drug-likeness (QED) is 0.738. The molecule has 1 aromatic rings. The summed E-state index contributed by atoms with van der Waals surface area (Å²) < 4.78 is 0.865. The zero-order chi connectivity index (χ0) is 8.43. The topological polar surface area (TPSA) is 20.2 Å². The molecule has 0 bridgehead atoms. The third-order valence-corrected chi connectivity index (χ3v) is 2.49. The summed E-state index contributed by atoms with van der Waals surface area (Å²) >= 11 is 13.2. The van der Waals surface area contributed by atoms with E-state index >= 15 is 0 Å². The molecule has 0 aromatic heterocycles. The van der Waals surface area contributed by atoms with Gasteiger partial charge in [0, 0.05) is 20.0 Å². The summed E-state index contributed by atoms with van der Waals surface area (Å²) in [5.41, 5.74) is 0.665. The van der Waals surface area contributed by atoms with E-state index in [0.29, 0.717) is 15.5 Å². The van der Waals surface area contributed by atoms with E-state index in [-0.39, 0.29) is 6.61 Å². The van der Waals surface area contributed by atoms with Gasteiger partial charge in [-0.2, -0.15) is 0 Å². The first-order valence-corrected chi connectivity index (χ1v) is 4.54. The van der Waals surface area contributed by atoms with E-state index < -0.39 is 0 Å². The minimum atomic E-state index is -0.0784. The van der Waals surface area contributed by atoms with Crippen LogP contribution in [0.25, 0.3) is 0 Å². The van der Waals surface area contributed by atoms with E-state index in [4.69, 9.17) is 16.7 Å². The van der Waals surface area contributed by atoms with Crippen molar-refractivity contribution in [3.8, 4) is 0 Å². The Hall–Kier alpha value is 0.300. The molecule has 0 atom stereocenters. The molecule has 11 heavy (non-hydrogen) atoms. The van der Waals surface area contributed by atoms with E-state index in [2.05, 4.69) is 28.6 Å². The Labute approximate surface area is 83.9 Å². The zero-order valence-electron chi connectivity index (χ0n) is 5.51. The molecule has 0 fully saturated rings. The maximum Gasteiger partial charge on any atom is 0.0707 e. The maximum absolute atomic E-state index is 8.84. The first-order valence-electron chi connectivity index (χ1n) is 2.93. The smallest absolute Gasteiger partial charge is 0.0707 e. The molecule has 1 aromatic carbocycles. The van der Waals surface area contributed by atoms with Crippen LogP contribution in [0, 0.1) is 0 Å². The molecule has 0 aliphatic carbocycles. The molecule has 1 nitrogen and oxygen atoms in total. The van der Waals surface area contributed by atoms with Gasteiger partial charge in [0.05, 0.1) is 6.61 Å². The minimum Gasteiger partial charge on any atom is -0.392 e. The molecule has 0 unspecified atom stereocenters. The number of hydrogen-bond donors (Lipinski definition) is 2. The predicted octanol–water partition coefficient (Wildman–Crippen LogP) is 2.88. The van der Waals surface area contributed by atoms with Gasteiger partial charge in [-0.1, -0.05) is 27.5 Å². The van der Waals surface area contributed by atoms with Gasteiger partial charge in [-0.05, 0) is 12.1 Å². The molecule has 0 aliphatic heterocycles. The summed E-state index contributed by atoms with van der Waals surface area (Å²) in [6.07, 6.45) is 0. The van der Waals surface area contributed by atoms with Crippen LogP contribution in [0.2, 0.25) is 5.02 Å². The van der Waals surface area contributed by atoms with E-state index in [0.717, 1.165) is 4.47 Å². The fourth-order valence-electron chi connectivity index (χ4n) is 0.746. The molecule has 0 spiro atoms. The van der Waals surface area contributed by atoms with Crippen molar-refractivity contribution >= 4 is 40.2 Å². The second kappa shape index (κ2) is 3.81. The number of halogens is 2. The average Bonchev–Trinajstić information content (AvgIpc) is 1.85. The number of benzene rings is 1. The second-order valence-electron chi connectivity index (χ2n) is 2.04. The van der Waals surface area contributed by atoms with E-state index in [1.165, 1.54) is 0 Å². The van der Waals surface area contributed by atoms with Crippen LogP contribution in [0.4, 0.5) is 0 Å². The van der Waals surface area contributed by atoms with Crippen LogP contribution < -0.4 is 0 Å². The van der Waals surface area contributed by atoms with Crippen LogP contribution in [-0.4, -0.2) is 5.11 Å². The summed E-state index contributed by atoms with van der Waals surface area (Å²) in [6, 6.07) is 3.52. The molecule has 0 amide bonds. The normalized spacial score (nSPS) is 10.2. The number of thiol groups is 1. The Morgan fingerprint density at radius 2 is 2.18 bits per heavy atom. The Morgan fingerprint density at radius 3 is 2.64 bits per heavy atom. The lowest BCUT2D eigenvalue weighted by molar-refractivity contribution is 0.279. The number of aliphatic hydroxyl groups is 1. The van der Waals surface area contributed by atoms with Crippen molar-refractivity contribution in [3.63, 3.8) is 0 Å². The minimum absolute atomic E-state index is 0.0784. The Morgan fingerprint density at radius 1 is 1.55 bits per heavy atom. The molecule has 1 rings (SSSR count). The second-order valence-corrected chi connectivity index (χ2v) is 3.85. The van der Waals surface area contributed by atoms with Crippen molar-refractivity contribution in [2.24, 2.45) is 0 Å². The Bertz CT molecular complexity index is 254. The summed E-state index contributed by atoms with van der Waals surface area (Å²) in [6.45, 7) is -0.0784. The average molecular weight is 254 g/mol. The van der Waals surface area contributed by atoms with E-state index in [1.54, 1.807) is 12.1 Å². The van der Waals surface area contributed by atoms with Gasteiger partial charge < -0.3 is 5.11 Å². The molecule has 4 heteroatoms. The standard InChI is InChI=1S/C7H6BrClOS/c8-4-1-6(9)5(3-10)7(11)2-4/h1-2,10-11H,3H2. The molecule has 0 saturated carbocycles. The summed E-state index contributed by atoms with van der Waals surface area (Å²) in [5, 5.41) is 9.38. The van der Waals surface area contributed by atoms with E-state index in [9.17, 15) is 0 Å². The SMILES string of the molecule is OCc1c(S)cc(Br)cc1Cl. The molecule has 60 valence electrons. The maximum atomic E-state index is 8.84. The molecule has 0 radical (unpaired) electrons. The Kier molecular flexibility index (Phi) is 3.25. The van der Waals surface area contributed by atoms with Crippen LogP contribution in [0.3, 0.4) is 0 Å². The zero-order valence-corrected chi connectivity index (χ0v) is 8.75. The first kappa shape index (κ1) is 9.39. The fraction of sp³-hybridized carbons (Fsp3) is 0.143. The van der Waals surface area contributed by atoms with Gasteiger partial charge in [0.2, 0.25) is 0 Å². The van der Waals surface area contributed by atoms with Crippen molar-refractivity contribution < 1.29 is 5.11 Å². The monoisotopic (exact) mass is 252 g/mol. The van der Waals surface area contributed by atoms with Crippen molar-refractivity contribution in [2.75, 3.05) is 0 Å². The van der Waals surface area contributed by atoms with Gasteiger partial charge in [0.25, 0.3) is 0 Å². The van der Waals surface area contributed by atoms with Crippen molar-refractivity contribution in [2.45, 2.75) is 11.5 Å². The van der Waals surface area contributed by atoms with Crippen LogP contribution in [0.1, 0.15) is 5.56 Å². The van der Waals surface area contributed by atoms with Crippen molar-refractivity contribution in [3.05, 3.63) is 27.2 Å². The lowest BCUT2D eigenvalue weighted by atomic mass is 10.2. The van der Waals surface area contributed by atoms with Crippen LogP contribution in [0.5, 0.6) is 0 Å². The third-order valence-electron chi connectivity index (χ3n) is 1.29. The van der Waals surface area contributed by atoms with Crippen LogP contribution in [-0.2, 0) is 6.61 Å². The highest BCUT2D eigenvalue weighted by atomic mass is 79.9. The largest absolute Gasteiger partial charge is 0.392 e. The van der Waals surface area contributed by atoms with Gasteiger partial charge in [-0.25, -0.2) is 0 Å². The van der Waals surface area contributed by atoms with Gasteiger partial charge in [-0.3, -0.25) is 0 Å². The predicted molar refractivity (Wildman–Crippen MR) is 52.3 cm³/mol. The number of aliphatic hydroxyl groups excluding tert-OH is 1. The third kappa shape index (κ3) is 2.12. The number of hydrogen-bond acceptors (Lipinski definition) is 2. The molecule has 1 N–H and O–H groups in total. The van der Waals surface area contributed by atoms with E-state index in [1.807, 2.05) is 0 Å². The van der Waals surface area contributed by atoms with Crippen LogP contribution in [0.15, 0.2) is 21.5 Å². The first-order chi connectivity index (χ1) is 5.15. The lowest BCUT2D eigenvalue weighted by Gasteiger charge is -2.04. The highest BCUT2D eigenvalue weighted by Crippen LogP contribution is 2.27. The summed E-state index contributed by atoms with van der Waals surface area (Å²) in [4.78, 5) is 0.701. The lowest BCUT2D eigenvalue weighted by Crippen LogP contribution is -1.87. The Balaban J connectivity index is 3.25.